The molecule has 1 aromatic carbocycles. The van der Waals surface area contributed by atoms with Gasteiger partial charge in [0.1, 0.15) is 9.90 Å². The van der Waals surface area contributed by atoms with Gasteiger partial charge in [0, 0.05) is 0 Å². The van der Waals surface area contributed by atoms with Crippen LogP contribution in [0.1, 0.15) is 0 Å². The summed E-state index contributed by atoms with van der Waals surface area (Å²) < 4.78 is 53.0. The lowest BCUT2D eigenvalue weighted by Gasteiger charge is -2.10. The van der Waals surface area contributed by atoms with E-state index in [0.29, 0.717) is 3.79 Å². The number of hydrogen-bond acceptors (Lipinski definition) is 4. The van der Waals surface area contributed by atoms with Gasteiger partial charge >= 0.3 is 0 Å². The maximum Gasteiger partial charge on any atom is 0.271 e. The van der Waals surface area contributed by atoms with Crippen molar-refractivity contribution in [2.75, 3.05) is 10.5 Å². The van der Waals surface area contributed by atoms with Crippen molar-refractivity contribution in [3.8, 4) is 0 Å². The standard InChI is InChI=1S/C10H7BrF2N2O2S2/c11-7-3-4-8(18-7)19(16,17)15-10-6(14)2-1-5(12)9(10)13/h1-4,15H,14H2. The molecule has 0 aliphatic carbocycles. The summed E-state index contributed by atoms with van der Waals surface area (Å²) in [6, 6.07) is 4.78. The Balaban J connectivity index is 2.44. The molecule has 0 unspecified atom stereocenters. The molecule has 3 N–H and O–H groups in total. The summed E-state index contributed by atoms with van der Waals surface area (Å²) in [5.74, 6) is -2.52. The van der Waals surface area contributed by atoms with Crippen molar-refractivity contribution >= 4 is 48.7 Å². The Labute approximate surface area is 120 Å². The van der Waals surface area contributed by atoms with Gasteiger partial charge in [-0.25, -0.2) is 17.2 Å². The number of anilines is 2. The third-order valence-electron chi connectivity index (χ3n) is 2.18. The summed E-state index contributed by atoms with van der Waals surface area (Å²) in [6.45, 7) is 0. The molecule has 19 heavy (non-hydrogen) atoms. The van der Waals surface area contributed by atoms with Crippen LogP contribution in [-0.2, 0) is 10.0 Å². The second kappa shape index (κ2) is 5.06. The van der Waals surface area contributed by atoms with Gasteiger partial charge in [-0.15, -0.1) is 11.3 Å². The largest absolute Gasteiger partial charge is 0.397 e. The molecule has 0 radical (unpaired) electrons. The number of hydrogen-bond donors (Lipinski definition) is 2. The summed E-state index contributed by atoms with van der Waals surface area (Å²) in [4.78, 5) is 0. The topological polar surface area (TPSA) is 72.2 Å². The number of thiophene rings is 1. The van der Waals surface area contributed by atoms with Gasteiger partial charge < -0.3 is 5.73 Å². The van der Waals surface area contributed by atoms with Gasteiger partial charge in [-0.05, 0) is 40.2 Å². The van der Waals surface area contributed by atoms with E-state index >= 15 is 0 Å². The molecular formula is C10H7BrF2N2O2S2. The number of benzene rings is 1. The fourth-order valence-electron chi connectivity index (χ4n) is 1.30. The van der Waals surface area contributed by atoms with E-state index < -0.39 is 27.3 Å². The minimum absolute atomic E-state index is 0.0394. The number of nitrogens with one attached hydrogen (secondary N) is 1. The first kappa shape index (κ1) is 14.2. The number of halogens is 3. The maximum atomic E-state index is 13.5. The van der Waals surface area contributed by atoms with Crippen LogP contribution in [0.4, 0.5) is 20.2 Å². The molecular weight excluding hydrogens is 362 g/mol. The summed E-state index contributed by atoms with van der Waals surface area (Å²) in [5.41, 5.74) is 4.65. The maximum absolute atomic E-state index is 13.5. The fourth-order valence-corrected chi connectivity index (χ4v) is 4.39. The number of nitrogens with two attached hydrogens (primary N) is 1. The zero-order chi connectivity index (χ0) is 14.2. The number of nitrogen functional groups attached to an aromatic ring is 1. The van der Waals surface area contributed by atoms with Gasteiger partial charge in [0.05, 0.1) is 9.47 Å². The summed E-state index contributed by atoms with van der Waals surface area (Å²) in [6.07, 6.45) is 0. The summed E-state index contributed by atoms with van der Waals surface area (Å²) >= 11 is 4.06. The molecule has 0 bridgehead atoms. The molecule has 2 aromatic rings. The fraction of sp³-hybridized carbons (Fsp3) is 0. The van der Waals surface area contributed by atoms with Crippen molar-refractivity contribution in [2.24, 2.45) is 0 Å². The molecule has 0 atom stereocenters. The average Bonchev–Trinajstić information content (AvgIpc) is 2.77. The quantitative estimate of drug-likeness (QED) is 0.817. The molecule has 0 saturated heterocycles. The first-order valence-corrected chi connectivity index (χ1v) is 7.92. The van der Waals surface area contributed by atoms with Crippen LogP contribution >= 0.6 is 27.3 Å². The third kappa shape index (κ3) is 2.88. The van der Waals surface area contributed by atoms with E-state index in [4.69, 9.17) is 5.73 Å². The van der Waals surface area contributed by atoms with Gasteiger partial charge in [-0.1, -0.05) is 0 Å². The lowest BCUT2D eigenvalue weighted by Crippen LogP contribution is -2.14. The molecule has 0 fully saturated rings. The van der Waals surface area contributed by atoms with Gasteiger partial charge in [-0.2, -0.15) is 0 Å². The van der Waals surface area contributed by atoms with Crippen LogP contribution in [0, 0.1) is 11.6 Å². The molecule has 9 heteroatoms. The Morgan fingerprint density at radius 3 is 2.47 bits per heavy atom. The highest BCUT2D eigenvalue weighted by molar-refractivity contribution is 9.11. The first-order chi connectivity index (χ1) is 8.81. The first-order valence-electron chi connectivity index (χ1n) is 4.83. The Hall–Kier alpha value is -1.19. The van der Waals surface area contributed by atoms with Crippen molar-refractivity contribution < 1.29 is 17.2 Å². The minimum atomic E-state index is -4.00. The summed E-state index contributed by atoms with van der Waals surface area (Å²) in [7, 11) is -4.00. The van der Waals surface area contributed by atoms with Crippen molar-refractivity contribution in [1.82, 2.24) is 0 Å². The van der Waals surface area contributed by atoms with Gasteiger partial charge in [0.25, 0.3) is 10.0 Å². The molecule has 0 amide bonds. The van der Waals surface area contributed by atoms with Crippen LogP contribution in [0.15, 0.2) is 32.3 Å². The smallest absolute Gasteiger partial charge is 0.271 e. The van der Waals surface area contributed by atoms with Crippen molar-refractivity contribution in [3.63, 3.8) is 0 Å². The Morgan fingerprint density at radius 1 is 1.21 bits per heavy atom. The van der Waals surface area contributed by atoms with E-state index in [-0.39, 0.29) is 9.90 Å². The molecule has 0 saturated carbocycles. The van der Waals surface area contributed by atoms with Crippen LogP contribution in [0.2, 0.25) is 0 Å². The normalized spacial score (nSPS) is 11.5. The van der Waals surface area contributed by atoms with Crippen molar-refractivity contribution in [1.29, 1.82) is 0 Å². The van der Waals surface area contributed by atoms with Gasteiger partial charge in [-0.3, -0.25) is 4.72 Å². The average molecular weight is 369 g/mol. The van der Waals surface area contributed by atoms with E-state index in [2.05, 4.69) is 15.9 Å². The molecule has 0 aliphatic heterocycles. The lowest BCUT2D eigenvalue weighted by molar-refractivity contribution is 0.512. The predicted molar refractivity (Wildman–Crippen MR) is 73.6 cm³/mol. The second-order valence-electron chi connectivity index (χ2n) is 3.49. The molecule has 1 aromatic heterocycles. The van der Waals surface area contributed by atoms with Gasteiger partial charge in [0.2, 0.25) is 0 Å². The van der Waals surface area contributed by atoms with E-state index in [1.807, 2.05) is 4.72 Å². The molecule has 0 aliphatic rings. The molecule has 1 heterocycles. The van der Waals surface area contributed by atoms with Crippen LogP contribution in [-0.4, -0.2) is 8.42 Å². The highest BCUT2D eigenvalue weighted by Gasteiger charge is 2.21. The number of rotatable bonds is 3. The van der Waals surface area contributed by atoms with E-state index in [9.17, 15) is 17.2 Å². The molecule has 0 spiro atoms. The monoisotopic (exact) mass is 368 g/mol. The zero-order valence-corrected chi connectivity index (χ0v) is 12.4. The van der Waals surface area contributed by atoms with Gasteiger partial charge in [0.15, 0.2) is 11.6 Å². The highest BCUT2D eigenvalue weighted by Crippen LogP contribution is 2.31. The molecule has 4 nitrogen and oxygen atoms in total. The highest BCUT2D eigenvalue weighted by atomic mass is 79.9. The number of sulfonamides is 1. The van der Waals surface area contributed by atoms with Crippen molar-refractivity contribution in [3.05, 3.63) is 39.7 Å². The zero-order valence-electron chi connectivity index (χ0n) is 9.15. The Kier molecular flexibility index (Phi) is 3.79. The third-order valence-corrected chi connectivity index (χ3v) is 5.64. The lowest BCUT2D eigenvalue weighted by atomic mass is 10.2. The van der Waals surface area contributed by atoms with Crippen LogP contribution in [0.5, 0.6) is 0 Å². The summed E-state index contributed by atoms with van der Waals surface area (Å²) in [5, 5.41) is 0. The molecule has 2 rings (SSSR count). The van der Waals surface area contributed by atoms with E-state index in [1.165, 1.54) is 12.1 Å². The van der Waals surface area contributed by atoms with Crippen LogP contribution in [0.3, 0.4) is 0 Å². The Morgan fingerprint density at radius 2 is 1.89 bits per heavy atom. The predicted octanol–water partition coefficient (Wildman–Crippen LogP) is 3.17. The SMILES string of the molecule is Nc1ccc(F)c(F)c1NS(=O)(=O)c1ccc(Br)s1. The van der Waals surface area contributed by atoms with Crippen LogP contribution < -0.4 is 10.5 Å². The van der Waals surface area contributed by atoms with E-state index in [1.54, 1.807) is 0 Å². The molecule has 102 valence electrons. The minimum Gasteiger partial charge on any atom is -0.397 e. The van der Waals surface area contributed by atoms with E-state index in [0.717, 1.165) is 23.5 Å². The van der Waals surface area contributed by atoms with Crippen LogP contribution in [0.25, 0.3) is 0 Å². The second-order valence-corrected chi connectivity index (χ2v) is 7.86. The Bertz CT molecular complexity index is 731. The van der Waals surface area contributed by atoms with Crippen molar-refractivity contribution in [2.45, 2.75) is 4.21 Å².